The summed E-state index contributed by atoms with van der Waals surface area (Å²) in [6, 6.07) is 23.7. The van der Waals surface area contributed by atoms with Gasteiger partial charge < -0.3 is 24.1 Å². The number of rotatable bonds is 9. The molecule has 0 saturated carbocycles. The molecule has 0 radical (unpaired) electrons. The Balaban J connectivity index is 1.80. The molecule has 3 aromatic carbocycles. The van der Waals surface area contributed by atoms with Gasteiger partial charge in [0.05, 0.1) is 26.4 Å². The zero-order valence-corrected chi connectivity index (χ0v) is 20.8. The fraction of sp³-hybridized carbons (Fsp3) is 0.300. The monoisotopic (exact) mass is 488 g/mol. The maximum absolute atomic E-state index is 11.2. The zero-order chi connectivity index (χ0) is 25.7. The van der Waals surface area contributed by atoms with Gasteiger partial charge in [-0.15, -0.1) is 0 Å². The highest BCUT2D eigenvalue weighted by atomic mass is 16.5. The van der Waals surface area contributed by atoms with Crippen molar-refractivity contribution in [2.24, 2.45) is 5.92 Å². The minimum Gasteiger partial charge on any atom is -0.497 e. The Morgan fingerprint density at radius 3 is 2.22 bits per heavy atom. The fourth-order valence-corrected chi connectivity index (χ4v) is 4.88. The van der Waals surface area contributed by atoms with E-state index in [4.69, 9.17) is 18.9 Å². The average molecular weight is 489 g/mol. The molecule has 0 aromatic heterocycles. The van der Waals surface area contributed by atoms with E-state index in [1.165, 1.54) is 5.56 Å². The number of hydrogen-bond acceptors (Lipinski definition) is 5. The first-order valence-electron chi connectivity index (χ1n) is 11.9. The summed E-state index contributed by atoms with van der Waals surface area (Å²) in [7, 11) is 3.24. The van der Waals surface area contributed by atoms with Crippen LogP contribution >= 0.6 is 0 Å². The average Bonchev–Trinajstić information content (AvgIpc) is 2.91. The molecular formula is C30H32O6. The molecule has 3 aromatic rings. The van der Waals surface area contributed by atoms with Gasteiger partial charge in [0, 0.05) is 17.4 Å². The van der Waals surface area contributed by atoms with Gasteiger partial charge >= 0.3 is 5.97 Å². The van der Waals surface area contributed by atoms with Crippen molar-refractivity contribution in [3.8, 4) is 17.2 Å². The van der Waals surface area contributed by atoms with Gasteiger partial charge in [-0.05, 0) is 54.8 Å². The molecule has 188 valence electrons. The fourth-order valence-electron chi connectivity index (χ4n) is 4.88. The molecule has 0 bridgehead atoms. The number of carboxylic acid groups (broad SMARTS) is 1. The topological polar surface area (TPSA) is 74.2 Å². The molecule has 1 fully saturated rings. The lowest BCUT2D eigenvalue weighted by Crippen LogP contribution is -2.32. The predicted octanol–water partition coefficient (Wildman–Crippen LogP) is 6.35. The summed E-state index contributed by atoms with van der Waals surface area (Å²) in [4.78, 5) is 11.2. The van der Waals surface area contributed by atoms with Crippen LogP contribution in [0.3, 0.4) is 0 Å². The minimum atomic E-state index is -1.04. The van der Waals surface area contributed by atoms with E-state index in [1.54, 1.807) is 26.4 Å². The summed E-state index contributed by atoms with van der Waals surface area (Å²) in [5.74, 6) is 0.900. The molecule has 1 saturated heterocycles. The molecule has 1 aliphatic heterocycles. The summed E-state index contributed by atoms with van der Waals surface area (Å²) < 4.78 is 23.5. The van der Waals surface area contributed by atoms with Crippen molar-refractivity contribution >= 4 is 5.97 Å². The van der Waals surface area contributed by atoms with E-state index < -0.39 is 18.7 Å². The van der Waals surface area contributed by atoms with Crippen LogP contribution < -0.4 is 14.2 Å². The number of carbonyl (C=O) groups is 1. The molecule has 0 spiro atoms. The number of ether oxygens (including phenoxy) is 4. The Hall–Kier alpha value is -3.77. The first-order chi connectivity index (χ1) is 17.4. The van der Waals surface area contributed by atoms with Crippen LogP contribution in [-0.4, -0.2) is 31.9 Å². The molecule has 4 rings (SSSR count). The van der Waals surface area contributed by atoms with E-state index >= 15 is 0 Å². The van der Waals surface area contributed by atoms with E-state index in [9.17, 15) is 9.90 Å². The first kappa shape index (κ1) is 25.3. The van der Waals surface area contributed by atoms with Gasteiger partial charge in [0.2, 0.25) is 0 Å². The molecular weight excluding hydrogens is 456 g/mol. The van der Waals surface area contributed by atoms with Crippen LogP contribution in [0.1, 0.15) is 48.2 Å². The molecule has 0 amide bonds. The number of benzene rings is 3. The maximum atomic E-state index is 11.2. The summed E-state index contributed by atoms with van der Waals surface area (Å²) in [5, 5.41) is 9.21. The van der Waals surface area contributed by atoms with E-state index in [-0.39, 0.29) is 17.9 Å². The van der Waals surface area contributed by atoms with Crippen LogP contribution in [-0.2, 0) is 9.53 Å². The summed E-state index contributed by atoms with van der Waals surface area (Å²) in [6.45, 7) is 5.85. The lowest BCUT2D eigenvalue weighted by molar-refractivity contribution is -0.139. The molecule has 1 N–H and O–H groups in total. The largest absolute Gasteiger partial charge is 0.497 e. The lowest BCUT2D eigenvalue weighted by Gasteiger charge is -2.43. The van der Waals surface area contributed by atoms with Crippen molar-refractivity contribution in [2.45, 2.75) is 31.5 Å². The van der Waals surface area contributed by atoms with Crippen molar-refractivity contribution in [2.75, 3.05) is 20.8 Å². The highest BCUT2D eigenvalue weighted by Crippen LogP contribution is 2.53. The molecule has 0 aliphatic carbocycles. The third-order valence-electron chi connectivity index (χ3n) is 6.71. The second kappa shape index (κ2) is 11.3. The van der Waals surface area contributed by atoms with Crippen molar-refractivity contribution in [1.29, 1.82) is 0 Å². The smallest absolute Gasteiger partial charge is 0.341 e. The number of hydrogen-bond donors (Lipinski definition) is 1. The Bertz CT molecular complexity index is 1190. The van der Waals surface area contributed by atoms with Crippen LogP contribution in [0, 0.1) is 5.92 Å². The van der Waals surface area contributed by atoms with Crippen molar-refractivity contribution < 1.29 is 28.8 Å². The Labute approximate surface area is 212 Å². The second-order valence-corrected chi connectivity index (χ2v) is 9.04. The van der Waals surface area contributed by atoms with Crippen LogP contribution in [0.2, 0.25) is 0 Å². The summed E-state index contributed by atoms with van der Waals surface area (Å²) >= 11 is 0. The molecule has 4 atom stereocenters. The van der Waals surface area contributed by atoms with E-state index in [1.807, 2.05) is 55.5 Å². The van der Waals surface area contributed by atoms with Crippen molar-refractivity contribution in [1.82, 2.24) is 0 Å². The van der Waals surface area contributed by atoms with Crippen molar-refractivity contribution in [3.05, 3.63) is 102 Å². The third kappa shape index (κ3) is 5.55. The van der Waals surface area contributed by atoms with Crippen LogP contribution in [0.15, 0.2) is 84.9 Å². The van der Waals surface area contributed by atoms with E-state index in [0.29, 0.717) is 11.5 Å². The Morgan fingerprint density at radius 1 is 0.944 bits per heavy atom. The van der Waals surface area contributed by atoms with Crippen LogP contribution in [0.4, 0.5) is 0 Å². The van der Waals surface area contributed by atoms with Crippen LogP contribution in [0.25, 0.3) is 0 Å². The normalized spacial score (nSPS) is 21.4. The van der Waals surface area contributed by atoms with Gasteiger partial charge in [0.25, 0.3) is 0 Å². The van der Waals surface area contributed by atoms with Crippen molar-refractivity contribution in [3.63, 3.8) is 0 Å². The third-order valence-corrected chi connectivity index (χ3v) is 6.71. The molecule has 1 aliphatic rings. The highest BCUT2D eigenvalue weighted by molar-refractivity contribution is 5.68. The van der Waals surface area contributed by atoms with E-state index in [2.05, 4.69) is 18.7 Å². The SMILES string of the molecule is C=C(C)[C@H]1C[C@H](c2ccccc2)[C@H](c2ccc(OC)cc2)O[C@@H]1c1cc(OC)ccc1OCC(=O)O. The zero-order valence-electron chi connectivity index (χ0n) is 20.8. The van der Waals surface area contributed by atoms with E-state index in [0.717, 1.165) is 28.9 Å². The van der Waals surface area contributed by atoms with Gasteiger partial charge in [-0.2, -0.15) is 0 Å². The number of carboxylic acids is 1. The summed E-state index contributed by atoms with van der Waals surface area (Å²) in [6.07, 6.45) is 0.141. The first-order valence-corrected chi connectivity index (χ1v) is 11.9. The summed E-state index contributed by atoms with van der Waals surface area (Å²) in [5.41, 5.74) is 3.96. The molecule has 36 heavy (non-hydrogen) atoms. The van der Waals surface area contributed by atoms with Gasteiger partial charge in [-0.3, -0.25) is 0 Å². The minimum absolute atomic E-state index is 0.0241. The number of aliphatic carboxylic acids is 1. The van der Waals surface area contributed by atoms with Gasteiger partial charge in [0.15, 0.2) is 6.61 Å². The highest BCUT2D eigenvalue weighted by Gasteiger charge is 2.41. The van der Waals surface area contributed by atoms with Crippen LogP contribution in [0.5, 0.6) is 17.2 Å². The molecule has 1 heterocycles. The Morgan fingerprint density at radius 2 is 1.61 bits per heavy atom. The second-order valence-electron chi connectivity index (χ2n) is 9.04. The quantitative estimate of drug-likeness (QED) is 0.354. The molecule has 6 heteroatoms. The standard InChI is InChI=1S/C30H32O6/c1-19(2)24-17-25(20-8-6-5-7-9-20)29(21-10-12-22(33-3)13-11-21)36-30(24)26-16-23(34-4)14-15-27(26)35-18-28(31)32/h5-16,24-25,29-30H,1,17-18H2,2-4H3,(H,31,32)/t24-,25-,29+,30+/m1/s1. The number of methoxy groups -OCH3 is 2. The molecule has 0 unspecified atom stereocenters. The lowest BCUT2D eigenvalue weighted by atomic mass is 9.74. The predicted molar refractivity (Wildman–Crippen MR) is 138 cm³/mol. The molecule has 6 nitrogen and oxygen atoms in total. The van der Waals surface area contributed by atoms with Gasteiger partial charge in [-0.25, -0.2) is 4.79 Å². The van der Waals surface area contributed by atoms with Gasteiger partial charge in [-0.1, -0.05) is 54.6 Å². The Kier molecular flexibility index (Phi) is 7.96. The maximum Gasteiger partial charge on any atom is 0.341 e. The van der Waals surface area contributed by atoms with Gasteiger partial charge in [0.1, 0.15) is 17.2 Å².